The lowest BCUT2D eigenvalue weighted by Crippen LogP contribution is -1.86. The molecule has 0 aliphatic carbocycles. The number of pyridine rings is 1. The van der Waals surface area contributed by atoms with Crippen LogP contribution in [0.1, 0.15) is 0 Å². The van der Waals surface area contributed by atoms with Gasteiger partial charge in [0.2, 0.25) is 0 Å². The Kier molecular flexibility index (Phi) is 2.80. The molecule has 0 atom stereocenters. The van der Waals surface area contributed by atoms with Gasteiger partial charge >= 0.3 is 0 Å². The molecule has 0 aliphatic rings. The number of hydrogen-bond donors (Lipinski definition) is 0. The molecular weight excluding hydrogens is 292 g/mol. The average molecular weight is 303 g/mol. The highest BCUT2D eigenvalue weighted by Crippen LogP contribution is 2.29. The lowest BCUT2D eigenvalue weighted by molar-refractivity contribution is 0.416. The summed E-state index contributed by atoms with van der Waals surface area (Å²) < 4.78 is 8.35. The van der Waals surface area contributed by atoms with Gasteiger partial charge in [0.25, 0.3) is 0 Å². The van der Waals surface area contributed by atoms with Crippen molar-refractivity contribution in [3.63, 3.8) is 0 Å². The summed E-state index contributed by atoms with van der Waals surface area (Å²) in [5.41, 5.74) is 2.81. The molecule has 0 fully saturated rings. The predicted octanol–water partition coefficient (Wildman–Crippen LogP) is 3.77. The number of rotatable bonds is 2. The van der Waals surface area contributed by atoms with Crippen LogP contribution < -0.4 is 4.74 Å². The molecule has 0 saturated carbocycles. The van der Waals surface area contributed by atoms with Crippen molar-refractivity contribution in [2.45, 2.75) is 0 Å². The molecule has 0 amide bonds. The van der Waals surface area contributed by atoms with Crippen LogP contribution in [0.3, 0.4) is 0 Å². The van der Waals surface area contributed by atoms with Crippen molar-refractivity contribution in [2.75, 3.05) is 7.11 Å². The molecule has 0 aliphatic heterocycles. The number of aromatic nitrogens is 2. The van der Waals surface area contributed by atoms with Crippen LogP contribution in [0.5, 0.6) is 5.75 Å². The van der Waals surface area contributed by atoms with E-state index in [0.29, 0.717) is 0 Å². The third-order valence-electron chi connectivity index (χ3n) is 2.83. The molecule has 3 rings (SSSR count). The maximum absolute atomic E-state index is 5.37. The largest absolute Gasteiger partial charge is 0.496 e. The lowest BCUT2D eigenvalue weighted by Gasteiger charge is -2.04. The van der Waals surface area contributed by atoms with Crippen LogP contribution >= 0.6 is 15.9 Å². The second kappa shape index (κ2) is 4.46. The van der Waals surface area contributed by atoms with Crippen LogP contribution in [0.4, 0.5) is 0 Å². The molecule has 3 nitrogen and oxygen atoms in total. The molecule has 0 saturated heterocycles. The normalized spacial score (nSPS) is 10.8. The van der Waals surface area contributed by atoms with E-state index in [9.17, 15) is 0 Å². The molecular formula is C14H11BrN2O. The van der Waals surface area contributed by atoms with Gasteiger partial charge < -0.3 is 4.74 Å². The zero-order valence-electron chi connectivity index (χ0n) is 9.80. The van der Waals surface area contributed by atoms with Crippen molar-refractivity contribution in [3.8, 4) is 17.0 Å². The zero-order chi connectivity index (χ0) is 12.5. The number of para-hydroxylation sites is 1. The molecule has 0 unspecified atom stereocenters. The number of ether oxygens (including phenoxy) is 1. The van der Waals surface area contributed by atoms with Gasteiger partial charge in [0.15, 0.2) is 0 Å². The number of nitrogens with zero attached hydrogens (tertiary/aromatic N) is 2. The van der Waals surface area contributed by atoms with Gasteiger partial charge in [0.05, 0.1) is 17.4 Å². The Labute approximate surface area is 113 Å². The first-order chi connectivity index (χ1) is 8.79. The van der Waals surface area contributed by atoms with E-state index in [4.69, 9.17) is 4.74 Å². The maximum atomic E-state index is 5.37. The Balaban J connectivity index is 2.23. The second-order valence-corrected chi connectivity index (χ2v) is 4.72. The quantitative estimate of drug-likeness (QED) is 0.674. The first-order valence-electron chi connectivity index (χ1n) is 5.56. The SMILES string of the molecule is COc1ccccc1-c1cn2c(Br)cccc2n1. The number of benzene rings is 1. The van der Waals surface area contributed by atoms with Crippen molar-refractivity contribution >= 4 is 21.6 Å². The molecule has 0 N–H and O–H groups in total. The van der Waals surface area contributed by atoms with Gasteiger partial charge in [-0.2, -0.15) is 0 Å². The topological polar surface area (TPSA) is 26.5 Å². The highest BCUT2D eigenvalue weighted by molar-refractivity contribution is 9.10. The van der Waals surface area contributed by atoms with E-state index in [1.807, 2.05) is 53.1 Å². The minimum Gasteiger partial charge on any atom is -0.496 e. The van der Waals surface area contributed by atoms with E-state index in [1.54, 1.807) is 7.11 Å². The van der Waals surface area contributed by atoms with Gasteiger partial charge in [0.1, 0.15) is 11.4 Å². The molecule has 18 heavy (non-hydrogen) atoms. The fourth-order valence-corrected chi connectivity index (χ4v) is 2.40. The van der Waals surface area contributed by atoms with E-state index < -0.39 is 0 Å². The second-order valence-electron chi connectivity index (χ2n) is 3.90. The Morgan fingerprint density at radius 3 is 2.72 bits per heavy atom. The van der Waals surface area contributed by atoms with Crippen LogP contribution in [0.25, 0.3) is 16.9 Å². The third-order valence-corrected chi connectivity index (χ3v) is 3.47. The minimum absolute atomic E-state index is 0.831. The summed E-state index contributed by atoms with van der Waals surface area (Å²) in [6.45, 7) is 0. The summed E-state index contributed by atoms with van der Waals surface area (Å²) in [5, 5.41) is 0. The molecule has 2 aromatic heterocycles. The fourth-order valence-electron chi connectivity index (χ4n) is 1.96. The van der Waals surface area contributed by atoms with Crippen molar-refractivity contribution in [3.05, 3.63) is 53.3 Å². The van der Waals surface area contributed by atoms with Crippen molar-refractivity contribution < 1.29 is 4.74 Å². The van der Waals surface area contributed by atoms with Gasteiger partial charge in [-0.1, -0.05) is 18.2 Å². The zero-order valence-corrected chi connectivity index (χ0v) is 11.4. The van der Waals surface area contributed by atoms with Crippen LogP contribution in [0.2, 0.25) is 0 Å². The van der Waals surface area contributed by atoms with E-state index >= 15 is 0 Å². The van der Waals surface area contributed by atoms with Crippen molar-refractivity contribution in [1.82, 2.24) is 9.38 Å². The van der Waals surface area contributed by atoms with Gasteiger partial charge in [-0.3, -0.25) is 4.40 Å². The van der Waals surface area contributed by atoms with Crippen LogP contribution in [0, 0.1) is 0 Å². The molecule has 1 aromatic carbocycles. The molecule has 0 spiro atoms. The molecule has 90 valence electrons. The molecule has 0 radical (unpaired) electrons. The van der Waals surface area contributed by atoms with Gasteiger partial charge in [-0.15, -0.1) is 0 Å². The smallest absolute Gasteiger partial charge is 0.138 e. The number of methoxy groups -OCH3 is 1. The van der Waals surface area contributed by atoms with Crippen LogP contribution in [-0.2, 0) is 0 Å². The summed E-state index contributed by atoms with van der Waals surface area (Å²) in [5.74, 6) is 0.831. The fraction of sp³-hybridized carbons (Fsp3) is 0.0714. The molecule has 0 bridgehead atoms. The first kappa shape index (κ1) is 11.3. The number of fused-ring (bicyclic) bond motifs is 1. The van der Waals surface area contributed by atoms with E-state index in [0.717, 1.165) is 27.3 Å². The maximum Gasteiger partial charge on any atom is 0.138 e. The Morgan fingerprint density at radius 2 is 1.94 bits per heavy atom. The summed E-state index contributed by atoms with van der Waals surface area (Å²) >= 11 is 3.51. The Bertz CT molecular complexity index is 706. The predicted molar refractivity (Wildman–Crippen MR) is 74.9 cm³/mol. The summed E-state index contributed by atoms with van der Waals surface area (Å²) in [6.07, 6.45) is 2.00. The lowest BCUT2D eigenvalue weighted by atomic mass is 10.1. The number of imidazole rings is 1. The third kappa shape index (κ3) is 1.78. The number of hydrogen-bond acceptors (Lipinski definition) is 2. The Morgan fingerprint density at radius 1 is 1.11 bits per heavy atom. The molecule has 2 heterocycles. The van der Waals surface area contributed by atoms with E-state index in [1.165, 1.54) is 0 Å². The average Bonchev–Trinajstić information content (AvgIpc) is 2.84. The van der Waals surface area contributed by atoms with E-state index in [2.05, 4.69) is 20.9 Å². The summed E-state index contributed by atoms with van der Waals surface area (Å²) in [6, 6.07) is 13.8. The minimum atomic E-state index is 0.831. The Hall–Kier alpha value is -1.81. The molecule has 3 aromatic rings. The molecule has 4 heteroatoms. The summed E-state index contributed by atoms with van der Waals surface area (Å²) in [4.78, 5) is 4.61. The number of halogens is 1. The first-order valence-corrected chi connectivity index (χ1v) is 6.36. The monoisotopic (exact) mass is 302 g/mol. The van der Waals surface area contributed by atoms with Crippen molar-refractivity contribution in [2.24, 2.45) is 0 Å². The highest BCUT2D eigenvalue weighted by Gasteiger charge is 2.09. The standard InChI is InChI=1S/C14H11BrN2O/c1-18-12-6-3-2-5-10(12)11-9-17-13(15)7-4-8-14(17)16-11/h2-9H,1H3. The van der Waals surface area contributed by atoms with Gasteiger partial charge in [0, 0.05) is 11.8 Å². The van der Waals surface area contributed by atoms with E-state index in [-0.39, 0.29) is 0 Å². The van der Waals surface area contributed by atoms with Crippen LogP contribution in [-0.4, -0.2) is 16.5 Å². The van der Waals surface area contributed by atoms with Crippen molar-refractivity contribution in [1.29, 1.82) is 0 Å². The van der Waals surface area contributed by atoms with Gasteiger partial charge in [-0.05, 0) is 40.2 Å². The van der Waals surface area contributed by atoms with Crippen LogP contribution in [0.15, 0.2) is 53.3 Å². The summed E-state index contributed by atoms with van der Waals surface area (Å²) in [7, 11) is 1.67. The highest BCUT2D eigenvalue weighted by atomic mass is 79.9. The van der Waals surface area contributed by atoms with Gasteiger partial charge in [-0.25, -0.2) is 4.98 Å².